The lowest BCUT2D eigenvalue weighted by atomic mass is 10.2. The molecule has 0 aliphatic heterocycles. The van der Waals surface area contributed by atoms with E-state index in [-0.39, 0.29) is 15.1 Å². The van der Waals surface area contributed by atoms with Crippen LogP contribution >= 0.6 is 15.9 Å². The monoisotopic (exact) mass is 294 g/mol. The highest BCUT2D eigenvalue weighted by Crippen LogP contribution is 2.33. The third-order valence-electron chi connectivity index (χ3n) is 1.77. The Morgan fingerprint density at radius 1 is 1.47 bits per heavy atom. The summed E-state index contributed by atoms with van der Waals surface area (Å²) in [7, 11) is -3.96. The van der Waals surface area contributed by atoms with E-state index in [4.69, 9.17) is 5.14 Å². The molecule has 0 bridgehead atoms. The van der Waals surface area contributed by atoms with Crippen LogP contribution in [-0.2, 0) is 10.0 Å². The molecule has 82 valence electrons. The number of primary sulfonamides is 1. The van der Waals surface area contributed by atoms with Crippen molar-refractivity contribution in [3.63, 3.8) is 0 Å². The minimum atomic E-state index is -3.96. The van der Waals surface area contributed by atoms with Gasteiger partial charge in [0.05, 0.1) is 4.92 Å². The van der Waals surface area contributed by atoms with Gasteiger partial charge in [-0.05, 0) is 28.9 Å². The number of benzene rings is 1. The highest BCUT2D eigenvalue weighted by atomic mass is 79.9. The molecule has 6 nitrogen and oxygen atoms in total. The molecule has 1 aromatic carbocycles. The molecule has 2 N–H and O–H groups in total. The predicted octanol–water partition coefficient (Wildman–Crippen LogP) is 1.31. The maximum atomic E-state index is 11.1. The largest absolute Gasteiger partial charge is 0.287 e. The number of nitrogens with two attached hydrogens (primary N) is 1. The van der Waals surface area contributed by atoms with E-state index < -0.39 is 14.9 Å². The van der Waals surface area contributed by atoms with Crippen LogP contribution in [0.4, 0.5) is 5.69 Å². The molecule has 0 atom stereocenters. The number of nitro groups is 1. The van der Waals surface area contributed by atoms with Crippen LogP contribution in [-0.4, -0.2) is 13.3 Å². The van der Waals surface area contributed by atoms with Gasteiger partial charge >= 0.3 is 0 Å². The molecule has 0 saturated carbocycles. The first-order valence-electron chi connectivity index (χ1n) is 3.71. The Morgan fingerprint density at radius 3 is 2.40 bits per heavy atom. The minimum absolute atomic E-state index is 0.116. The van der Waals surface area contributed by atoms with Gasteiger partial charge in [-0.2, -0.15) is 0 Å². The van der Waals surface area contributed by atoms with Crippen LogP contribution in [0, 0.1) is 17.0 Å². The molecule has 1 aromatic rings. The van der Waals surface area contributed by atoms with Gasteiger partial charge in [-0.1, -0.05) is 6.07 Å². The summed E-state index contributed by atoms with van der Waals surface area (Å²) in [5, 5.41) is 15.6. The minimum Gasteiger partial charge on any atom is -0.258 e. The Kier molecular flexibility index (Phi) is 3.12. The van der Waals surface area contributed by atoms with E-state index in [2.05, 4.69) is 15.9 Å². The zero-order valence-corrected chi connectivity index (χ0v) is 10.0. The van der Waals surface area contributed by atoms with Gasteiger partial charge in [-0.15, -0.1) is 0 Å². The van der Waals surface area contributed by atoms with Crippen molar-refractivity contribution in [1.29, 1.82) is 0 Å². The molecule has 8 heteroatoms. The second kappa shape index (κ2) is 3.87. The fraction of sp³-hybridized carbons (Fsp3) is 0.143. The summed E-state index contributed by atoms with van der Waals surface area (Å²) in [5.74, 6) is 0. The third kappa shape index (κ3) is 2.33. The van der Waals surface area contributed by atoms with Crippen molar-refractivity contribution in [2.24, 2.45) is 5.14 Å². The van der Waals surface area contributed by atoms with Crippen molar-refractivity contribution in [2.75, 3.05) is 0 Å². The van der Waals surface area contributed by atoms with E-state index in [1.54, 1.807) is 0 Å². The van der Waals surface area contributed by atoms with Crippen LogP contribution < -0.4 is 5.14 Å². The summed E-state index contributed by atoms with van der Waals surface area (Å²) in [4.78, 5) is 9.71. The molecule has 0 heterocycles. The normalized spacial score (nSPS) is 11.4. The van der Waals surface area contributed by atoms with E-state index in [1.807, 2.05) is 0 Å². The molecule has 0 amide bonds. The van der Waals surface area contributed by atoms with Gasteiger partial charge in [0.1, 0.15) is 9.37 Å². The molecule has 0 aromatic heterocycles. The number of nitrogens with zero attached hydrogens (tertiary/aromatic N) is 1. The SMILES string of the molecule is Cc1ccc(S(N)(=O)=O)c(Br)c1[N+](=O)[O-]. The summed E-state index contributed by atoms with van der Waals surface area (Å²) in [5.41, 5.74) is 0.0702. The molecular formula is C7H7BrN2O4S. The molecule has 0 aliphatic rings. The van der Waals surface area contributed by atoms with Crippen molar-refractivity contribution < 1.29 is 13.3 Å². The fourth-order valence-corrected chi connectivity index (χ4v) is 2.96. The first-order chi connectivity index (χ1) is 6.75. The lowest BCUT2D eigenvalue weighted by Gasteiger charge is -2.04. The van der Waals surface area contributed by atoms with Gasteiger partial charge < -0.3 is 0 Å². The Bertz CT molecular complexity index is 526. The van der Waals surface area contributed by atoms with E-state index in [0.717, 1.165) is 0 Å². The van der Waals surface area contributed by atoms with Crippen molar-refractivity contribution in [2.45, 2.75) is 11.8 Å². The van der Waals surface area contributed by atoms with Crippen molar-refractivity contribution in [3.05, 3.63) is 32.3 Å². The molecule has 0 aliphatic carbocycles. The number of rotatable bonds is 2. The van der Waals surface area contributed by atoms with Gasteiger partial charge in [0.15, 0.2) is 0 Å². The molecular weight excluding hydrogens is 288 g/mol. The van der Waals surface area contributed by atoms with Crippen molar-refractivity contribution >= 4 is 31.6 Å². The summed E-state index contributed by atoms with van der Waals surface area (Å²) in [6.07, 6.45) is 0. The van der Waals surface area contributed by atoms with Crippen LogP contribution in [0.25, 0.3) is 0 Å². The maximum absolute atomic E-state index is 11.1. The lowest BCUT2D eigenvalue weighted by Crippen LogP contribution is -2.13. The first kappa shape index (κ1) is 12.1. The number of aryl methyl sites for hydroxylation is 1. The van der Waals surface area contributed by atoms with E-state index in [0.29, 0.717) is 5.56 Å². The van der Waals surface area contributed by atoms with E-state index in [9.17, 15) is 18.5 Å². The highest BCUT2D eigenvalue weighted by Gasteiger charge is 2.23. The summed E-state index contributed by atoms with van der Waals surface area (Å²) < 4.78 is 22.0. The molecule has 1 rings (SSSR count). The second-order valence-corrected chi connectivity index (χ2v) is 5.17. The van der Waals surface area contributed by atoms with E-state index in [1.165, 1.54) is 19.1 Å². The fourth-order valence-electron chi connectivity index (χ4n) is 1.09. The number of sulfonamides is 1. The average molecular weight is 295 g/mol. The topological polar surface area (TPSA) is 103 Å². The Hall–Kier alpha value is -0.990. The molecule has 0 unspecified atom stereocenters. The lowest BCUT2D eigenvalue weighted by molar-refractivity contribution is -0.386. The zero-order chi connectivity index (χ0) is 11.8. The van der Waals surface area contributed by atoms with Crippen LogP contribution in [0.5, 0.6) is 0 Å². The number of hydrogen-bond acceptors (Lipinski definition) is 4. The van der Waals surface area contributed by atoms with Gasteiger partial charge in [0, 0.05) is 5.56 Å². The zero-order valence-electron chi connectivity index (χ0n) is 7.60. The van der Waals surface area contributed by atoms with Gasteiger partial charge in [0.2, 0.25) is 10.0 Å². The average Bonchev–Trinajstić information content (AvgIpc) is 2.00. The van der Waals surface area contributed by atoms with Crippen LogP contribution in [0.1, 0.15) is 5.56 Å². The smallest absolute Gasteiger partial charge is 0.258 e. The number of hydrogen-bond donors (Lipinski definition) is 1. The standard InChI is InChI=1S/C7H7BrN2O4S/c1-4-2-3-5(15(9,13)14)6(8)7(4)10(11)12/h2-3H,1H3,(H2,9,13,14). The Balaban J connectivity index is 3.64. The third-order valence-corrected chi connectivity index (χ3v) is 3.79. The Morgan fingerprint density at radius 2 is 2.00 bits per heavy atom. The van der Waals surface area contributed by atoms with Crippen molar-refractivity contribution in [1.82, 2.24) is 0 Å². The molecule has 0 spiro atoms. The van der Waals surface area contributed by atoms with Gasteiger partial charge in [-0.3, -0.25) is 10.1 Å². The summed E-state index contributed by atoms with van der Waals surface area (Å²) in [6, 6.07) is 2.56. The van der Waals surface area contributed by atoms with Crippen LogP contribution in [0.15, 0.2) is 21.5 Å². The summed E-state index contributed by atoms with van der Waals surface area (Å²) >= 11 is 2.87. The number of halogens is 1. The highest BCUT2D eigenvalue weighted by molar-refractivity contribution is 9.10. The van der Waals surface area contributed by atoms with Gasteiger partial charge in [-0.25, -0.2) is 13.6 Å². The van der Waals surface area contributed by atoms with Crippen LogP contribution in [0.2, 0.25) is 0 Å². The quantitative estimate of drug-likeness (QED) is 0.656. The van der Waals surface area contributed by atoms with E-state index >= 15 is 0 Å². The van der Waals surface area contributed by atoms with Crippen LogP contribution in [0.3, 0.4) is 0 Å². The molecule has 15 heavy (non-hydrogen) atoms. The summed E-state index contributed by atoms with van der Waals surface area (Å²) in [6.45, 7) is 1.51. The second-order valence-electron chi connectivity index (χ2n) is 2.85. The van der Waals surface area contributed by atoms with Gasteiger partial charge in [0.25, 0.3) is 5.69 Å². The maximum Gasteiger partial charge on any atom is 0.287 e. The van der Waals surface area contributed by atoms with Crippen molar-refractivity contribution in [3.8, 4) is 0 Å². The molecule has 0 saturated heterocycles. The first-order valence-corrected chi connectivity index (χ1v) is 6.05. The number of nitro benzene ring substituents is 1. The Labute approximate surface area is 94.4 Å². The predicted molar refractivity (Wildman–Crippen MR) is 56.9 cm³/mol. The molecule has 0 fully saturated rings. The molecule has 0 radical (unpaired) electrons.